The number of aryl methyl sites for hydroxylation is 1. The van der Waals surface area contributed by atoms with Crippen LogP contribution in [-0.2, 0) is 11.2 Å². The van der Waals surface area contributed by atoms with Crippen molar-refractivity contribution in [3.05, 3.63) is 70.8 Å². The van der Waals surface area contributed by atoms with E-state index in [9.17, 15) is 13.6 Å². The highest BCUT2D eigenvalue weighted by Crippen LogP contribution is 2.64. The number of hydrogen-bond donors (Lipinski definition) is 0. The summed E-state index contributed by atoms with van der Waals surface area (Å²) in [5.74, 6) is -1.54. The van der Waals surface area contributed by atoms with Gasteiger partial charge in [-0.3, -0.25) is 4.79 Å². The third-order valence-corrected chi connectivity index (χ3v) is 5.08. The number of carbonyl (C=O) groups is 1. The van der Waals surface area contributed by atoms with Crippen molar-refractivity contribution in [2.24, 2.45) is 11.3 Å². The molecule has 2 aromatic rings. The Balaban J connectivity index is 1.81. The molecule has 1 nitrogen and oxygen atoms in total. The molecule has 0 saturated heterocycles. The Labute approximate surface area is 135 Å². The quantitative estimate of drug-likeness (QED) is 0.790. The van der Waals surface area contributed by atoms with Crippen LogP contribution in [0.25, 0.3) is 0 Å². The van der Waals surface area contributed by atoms with Crippen molar-refractivity contribution in [2.45, 2.75) is 33.1 Å². The van der Waals surface area contributed by atoms with Gasteiger partial charge in [-0.05, 0) is 47.1 Å². The van der Waals surface area contributed by atoms with Crippen LogP contribution < -0.4 is 0 Å². The number of rotatable bonds is 4. The van der Waals surface area contributed by atoms with Crippen LogP contribution in [0, 0.1) is 29.9 Å². The predicted octanol–water partition coefficient (Wildman–Crippen LogP) is 4.82. The van der Waals surface area contributed by atoms with Crippen LogP contribution in [-0.4, -0.2) is 5.78 Å². The molecule has 3 heteroatoms. The molecule has 120 valence electrons. The van der Waals surface area contributed by atoms with Gasteiger partial charge in [0, 0.05) is 12.3 Å². The van der Waals surface area contributed by atoms with Crippen molar-refractivity contribution in [1.82, 2.24) is 0 Å². The lowest BCUT2D eigenvalue weighted by molar-refractivity contribution is -0.120. The van der Waals surface area contributed by atoms with Gasteiger partial charge in [-0.2, -0.15) is 0 Å². The summed E-state index contributed by atoms with van der Waals surface area (Å²) in [6.07, 6.45) is 0.153. The summed E-state index contributed by atoms with van der Waals surface area (Å²) in [4.78, 5) is 12.7. The summed E-state index contributed by atoms with van der Waals surface area (Å²) in [6, 6.07) is 12.3. The maximum absolute atomic E-state index is 13.4. The smallest absolute Gasteiger partial charge is 0.159 e. The second-order valence-electron chi connectivity index (χ2n) is 7.02. The Hall–Kier alpha value is -2.03. The first kappa shape index (κ1) is 15.9. The molecule has 0 amide bonds. The molecule has 1 aliphatic carbocycles. The van der Waals surface area contributed by atoms with Crippen LogP contribution in [0.15, 0.2) is 42.5 Å². The number of halogens is 2. The summed E-state index contributed by atoms with van der Waals surface area (Å²) in [5, 5.41) is 0. The molecule has 3 rings (SSSR count). The zero-order valence-electron chi connectivity index (χ0n) is 13.6. The number of carbonyl (C=O) groups excluding carboxylic acids is 1. The van der Waals surface area contributed by atoms with Crippen molar-refractivity contribution in [2.75, 3.05) is 0 Å². The number of benzene rings is 2. The molecule has 0 aromatic heterocycles. The first-order valence-electron chi connectivity index (χ1n) is 7.84. The predicted molar refractivity (Wildman–Crippen MR) is 86.3 cm³/mol. The molecule has 0 heterocycles. The molecule has 2 aromatic carbocycles. The summed E-state index contributed by atoms with van der Waals surface area (Å²) in [5.41, 5.74) is 2.26. The lowest BCUT2D eigenvalue weighted by atomic mass is 9.98. The Bertz CT molecular complexity index is 750. The molecule has 0 radical (unpaired) electrons. The first-order chi connectivity index (χ1) is 10.8. The number of Topliss-reactive ketones (excluding diaryl/α,β-unsaturated/α-hetero) is 1. The second-order valence-corrected chi connectivity index (χ2v) is 7.02. The fraction of sp³-hybridized carbons (Fsp3) is 0.350. The summed E-state index contributed by atoms with van der Waals surface area (Å²) in [6.45, 7) is 5.88. The number of ketones is 1. The lowest BCUT2D eigenvalue weighted by Crippen LogP contribution is -2.11. The molecule has 23 heavy (non-hydrogen) atoms. The van der Waals surface area contributed by atoms with Gasteiger partial charge in [0.15, 0.2) is 11.6 Å². The van der Waals surface area contributed by atoms with E-state index in [1.54, 1.807) is 6.92 Å². The van der Waals surface area contributed by atoms with Crippen molar-refractivity contribution >= 4 is 5.78 Å². The van der Waals surface area contributed by atoms with Gasteiger partial charge in [0.05, 0.1) is 0 Å². The van der Waals surface area contributed by atoms with Gasteiger partial charge in [-0.1, -0.05) is 44.2 Å². The van der Waals surface area contributed by atoms with Crippen molar-refractivity contribution in [1.29, 1.82) is 0 Å². The standard InChI is InChI=1S/C20H20F2O/c1-12-9-15(21)16(22)10-14(12)11-17(23)19-18(20(19,2)3)13-7-5-4-6-8-13/h4-10,18-19H,11H2,1-3H3/t18-,19-/m0/s1. The summed E-state index contributed by atoms with van der Waals surface area (Å²) in [7, 11) is 0. The van der Waals surface area contributed by atoms with Gasteiger partial charge in [0.2, 0.25) is 0 Å². The van der Waals surface area contributed by atoms with E-state index in [1.807, 2.05) is 30.3 Å². The van der Waals surface area contributed by atoms with E-state index in [2.05, 4.69) is 13.8 Å². The Morgan fingerprint density at radius 2 is 1.70 bits per heavy atom. The topological polar surface area (TPSA) is 17.1 Å². The van der Waals surface area contributed by atoms with Crippen molar-refractivity contribution < 1.29 is 13.6 Å². The second kappa shape index (κ2) is 5.55. The highest BCUT2D eigenvalue weighted by Gasteiger charge is 2.61. The molecule has 1 aliphatic rings. The Morgan fingerprint density at radius 3 is 2.35 bits per heavy atom. The van der Waals surface area contributed by atoms with E-state index in [0.29, 0.717) is 11.1 Å². The van der Waals surface area contributed by atoms with Crippen LogP contribution in [0.4, 0.5) is 8.78 Å². The van der Waals surface area contributed by atoms with Gasteiger partial charge in [0.25, 0.3) is 0 Å². The van der Waals surface area contributed by atoms with Gasteiger partial charge in [-0.25, -0.2) is 8.78 Å². The molecular formula is C20H20F2O. The molecule has 0 bridgehead atoms. The third kappa shape index (κ3) is 2.80. The van der Waals surface area contributed by atoms with Crippen LogP contribution in [0.2, 0.25) is 0 Å². The van der Waals surface area contributed by atoms with Gasteiger partial charge < -0.3 is 0 Å². The monoisotopic (exact) mass is 314 g/mol. The third-order valence-electron chi connectivity index (χ3n) is 5.08. The van der Waals surface area contributed by atoms with E-state index in [1.165, 1.54) is 0 Å². The largest absolute Gasteiger partial charge is 0.299 e. The fourth-order valence-corrected chi connectivity index (χ4v) is 3.70. The van der Waals surface area contributed by atoms with Gasteiger partial charge in [0.1, 0.15) is 5.78 Å². The molecule has 1 fully saturated rings. The molecule has 0 unspecified atom stereocenters. The fourth-order valence-electron chi connectivity index (χ4n) is 3.70. The average molecular weight is 314 g/mol. The first-order valence-corrected chi connectivity index (χ1v) is 7.84. The van der Waals surface area contributed by atoms with Crippen LogP contribution in [0.3, 0.4) is 0 Å². The van der Waals surface area contributed by atoms with E-state index < -0.39 is 11.6 Å². The van der Waals surface area contributed by atoms with Crippen LogP contribution >= 0.6 is 0 Å². The average Bonchev–Trinajstić information content (AvgIpc) is 3.08. The molecular weight excluding hydrogens is 294 g/mol. The zero-order valence-corrected chi connectivity index (χ0v) is 13.6. The van der Waals surface area contributed by atoms with E-state index >= 15 is 0 Å². The molecule has 2 atom stereocenters. The minimum atomic E-state index is -0.895. The highest BCUT2D eigenvalue weighted by atomic mass is 19.2. The van der Waals surface area contributed by atoms with Crippen molar-refractivity contribution in [3.8, 4) is 0 Å². The molecule has 1 saturated carbocycles. The lowest BCUT2D eigenvalue weighted by Gasteiger charge is -2.07. The normalized spacial score (nSPS) is 22.0. The maximum Gasteiger partial charge on any atom is 0.159 e. The van der Waals surface area contributed by atoms with Crippen molar-refractivity contribution in [3.63, 3.8) is 0 Å². The van der Waals surface area contributed by atoms with E-state index in [0.717, 1.165) is 17.7 Å². The maximum atomic E-state index is 13.4. The van der Waals surface area contributed by atoms with E-state index in [-0.39, 0.29) is 29.5 Å². The van der Waals surface area contributed by atoms with Gasteiger partial charge >= 0.3 is 0 Å². The summed E-state index contributed by atoms with van der Waals surface area (Å²) < 4.78 is 26.6. The SMILES string of the molecule is Cc1cc(F)c(F)cc1CC(=O)[C@H]1[C@H](c2ccccc2)C1(C)C. The van der Waals surface area contributed by atoms with E-state index in [4.69, 9.17) is 0 Å². The Morgan fingerprint density at radius 1 is 1.09 bits per heavy atom. The molecule has 0 spiro atoms. The highest BCUT2D eigenvalue weighted by molar-refractivity contribution is 5.88. The molecule has 0 N–H and O–H groups in total. The summed E-state index contributed by atoms with van der Waals surface area (Å²) >= 11 is 0. The zero-order chi connectivity index (χ0) is 16.8. The number of hydrogen-bond acceptors (Lipinski definition) is 1. The molecule has 0 aliphatic heterocycles. The minimum absolute atomic E-state index is 0.0718. The van der Waals surface area contributed by atoms with Crippen LogP contribution in [0.5, 0.6) is 0 Å². The Kier molecular flexibility index (Phi) is 3.83. The van der Waals surface area contributed by atoms with Crippen LogP contribution in [0.1, 0.15) is 36.5 Å². The van der Waals surface area contributed by atoms with Gasteiger partial charge in [-0.15, -0.1) is 0 Å². The minimum Gasteiger partial charge on any atom is -0.299 e.